The predicted molar refractivity (Wildman–Crippen MR) is 153 cm³/mol. The minimum Gasteiger partial charge on any atom is -0.467 e. The summed E-state index contributed by atoms with van der Waals surface area (Å²) < 4.78 is 5.36. The lowest BCUT2D eigenvalue weighted by Crippen LogP contribution is -2.57. The lowest BCUT2D eigenvalue weighted by Gasteiger charge is -2.37. The summed E-state index contributed by atoms with van der Waals surface area (Å²) in [5, 5.41) is 6.93. The molecule has 2 aliphatic heterocycles. The van der Waals surface area contributed by atoms with E-state index >= 15 is 0 Å². The number of aromatic nitrogens is 1. The summed E-state index contributed by atoms with van der Waals surface area (Å²) >= 11 is 0. The zero-order valence-corrected chi connectivity index (χ0v) is 22.2. The highest BCUT2D eigenvalue weighted by Crippen LogP contribution is 2.46. The smallest absolute Gasteiger partial charge is 0.255 e. The van der Waals surface area contributed by atoms with Crippen molar-refractivity contribution >= 4 is 28.6 Å². The SMILES string of the molecule is O=C(NCc1ccco1)[C@H](Cc1ccccc1)NC(=O)[C@@H]1Cc2c([nH]c3ccccc23)C2c3ccccc3C(=O)N21. The van der Waals surface area contributed by atoms with E-state index in [-0.39, 0.29) is 24.3 Å². The third-order valence-corrected chi connectivity index (χ3v) is 8.09. The molecule has 2 aromatic heterocycles. The number of hydrogen-bond donors (Lipinski definition) is 3. The Bertz CT molecular complexity index is 1760. The van der Waals surface area contributed by atoms with Gasteiger partial charge in [-0.25, -0.2) is 0 Å². The van der Waals surface area contributed by atoms with E-state index in [0.717, 1.165) is 33.3 Å². The molecule has 8 nitrogen and oxygen atoms in total. The highest BCUT2D eigenvalue weighted by Gasteiger charge is 2.49. The maximum Gasteiger partial charge on any atom is 0.255 e. The minimum atomic E-state index is -0.845. The van der Waals surface area contributed by atoms with Crippen molar-refractivity contribution in [1.29, 1.82) is 0 Å². The van der Waals surface area contributed by atoms with Crippen LogP contribution in [0.1, 0.15) is 44.5 Å². The van der Waals surface area contributed by atoms with Gasteiger partial charge >= 0.3 is 0 Å². The van der Waals surface area contributed by atoms with Gasteiger partial charge in [0.15, 0.2) is 0 Å². The Morgan fingerprint density at radius 1 is 0.951 bits per heavy atom. The van der Waals surface area contributed by atoms with Crippen molar-refractivity contribution < 1.29 is 18.8 Å². The summed E-state index contributed by atoms with van der Waals surface area (Å²) in [5.41, 5.74) is 5.31. The van der Waals surface area contributed by atoms with Crippen molar-refractivity contribution in [1.82, 2.24) is 20.5 Å². The van der Waals surface area contributed by atoms with Gasteiger partial charge in [-0.3, -0.25) is 14.4 Å². The first kappa shape index (κ1) is 24.9. The van der Waals surface area contributed by atoms with Gasteiger partial charge in [0, 0.05) is 35.0 Å². The molecule has 8 heteroatoms. The minimum absolute atomic E-state index is 0.183. The zero-order valence-electron chi connectivity index (χ0n) is 22.2. The normalized spacial score (nSPS) is 18.0. The van der Waals surface area contributed by atoms with Crippen LogP contribution in [0, 0.1) is 0 Å². The molecule has 3 N–H and O–H groups in total. The largest absolute Gasteiger partial charge is 0.467 e. The second-order valence-electron chi connectivity index (χ2n) is 10.5. The van der Waals surface area contributed by atoms with Crippen molar-refractivity contribution in [3.63, 3.8) is 0 Å². The van der Waals surface area contributed by atoms with Gasteiger partial charge in [0.1, 0.15) is 17.8 Å². The van der Waals surface area contributed by atoms with Crippen LogP contribution in [0.25, 0.3) is 10.9 Å². The average Bonchev–Trinajstić information content (AvgIpc) is 3.73. The van der Waals surface area contributed by atoms with E-state index in [9.17, 15) is 14.4 Å². The van der Waals surface area contributed by atoms with Crippen molar-refractivity contribution in [2.75, 3.05) is 0 Å². The van der Waals surface area contributed by atoms with Crippen molar-refractivity contribution in [2.45, 2.75) is 37.5 Å². The van der Waals surface area contributed by atoms with E-state index < -0.39 is 18.1 Å². The molecule has 1 unspecified atom stereocenters. The first-order valence-electron chi connectivity index (χ1n) is 13.7. The molecule has 3 amide bonds. The van der Waals surface area contributed by atoms with Crippen molar-refractivity contribution in [2.24, 2.45) is 0 Å². The van der Waals surface area contributed by atoms with Crippen LogP contribution in [0.5, 0.6) is 0 Å². The maximum absolute atomic E-state index is 14.1. The van der Waals surface area contributed by atoms with Crippen LogP contribution in [0.4, 0.5) is 0 Å². The molecular formula is C33H28N4O4. The van der Waals surface area contributed by atoms with E-state index in [4.69, 9.17) is 4.42 Å². The number of rotatable bonds is 7. The number of aromatic amines is 1. The Labute approximate surface area is 236 Å². The molecule has 2 aliphatic rings. The summed E-state index contributed by atoms with van der Waals surface area (Å²) in [6.45, 7) is 0.205. The van der Waals surface area contributed by atoms with Crippen LogP contribution in [-0.2, 0) is 29.0 Å². The molecule has 0 radical (unpaired) electrons. The van der Waals surface area contributed by atoms with E-state index in [1.54, 1.807) is 23.3 Å². The molecule has 0 spiro atoms. The second kappa shape index (κ2) is 10.1. The lowest BCUT2D eigenvalue weighted by atomic mass is 9.89. The molecule has 41 heavy (non-hydrogen) atoms. The lowest BCUT2D eigenvalue weighted by molar-refractivity contribution is -0.132. The van der Waals surface area contributed by atoms with Gasteiger partial charge in [-0.1, -0.05) is 66.7 Å². The van der Waals surface area contributed by atoms with E-state index in [2.05, 4.69) is 15.6 Å². The first-order valence-corrected chi connectivity index (χ1v) is 13.7. The van der Waals surface area contributed by atoms with E-state index in [1.807, 2.05) is 78.9 Å². The highest BCUT2D eigenvalue weighted by molar-refractivity contribution is 6.04. The molecule has 4 heterocycles. The Morgan fingerprint density at radius 3 is 2.56 bits per heavy atom. The van der Waals surface area contributed by atoms with Gasteiger partial charge in [-0.2, -0.15) is 0 Å². The Kier molecular flexibility index (Phi) is 6.15. The number of furan rings is 1. The number of benzene rings is 3. The fourth-order valence-corrected chi connectivity index (χ4v) is 6.17. The maximum atomic E-state index is 14.1. The zero-order chi connectivity index (χ0) is 27.9. The molecule has 0 saturated carbocycles. The van der Waals surface area contributed by atoms with Gasteiger partial charge in [-0.05, 0) is 41.0 Å². The van der Waals surface area contributed by atoms with E-state index in [0.29, 0.717) is 24.2 Å². The Hall–Kier alpha value is -5.11. The summed E-state index contributed by atoms with van der Waals surface area (Å²) in [6, 6.07) is 26.6. The standard InChI is InChI=1S/C33H28N4O4/c38-31(34-19-21-11-8-16-41-21)27(17-20-9-2-1-3-10-20)36-32(39)28-18-25-22-12-6-7-15-26(22)35-29(25)30-23-13-4-5-14-24(23)33(40)37(28)30/h1-16,27-28,30,35H,17-19H2,(H,34,38)(H,36,39)/t27-,28-,30?/m0/s1. The third kappa shape index (κ3) is 4.37. The fourth-order valence-electron chi connectivity index (χ4n) is 6.17. The Morgan fingerprint density at radius 2 is 1.73 bits per heavy atom. The van der Waals surface area contributed by atoms with E-state index in [1.165, 1.54) is 0 Å². The van der Waals surface area contributed by atoms with Gasteiger partial charge in [0.05, 0.1) is 18.8 Å². The van der Waals surface area contributed by atoms with Crippen LogP contribution in [0.2, 0.25) is 0 Å². The van der Waals surface area contributed by atoms with Crippen molar-refractivity contribution in [3.8, 4) is 0 Å². The molecule has 0 bridgehead atoms. The first-order chi connectivity index (χ1) is 20.1. The summed E-state index contributed by atoms with van der Waals surface area (Å²) in [6.07, 6.45) is 2.20. The van der Waals surface area contributed by atoms with Gasteiger partial charge in [0.25, 0.3) is 5.91 Å². The quantitative estimate of drug-likeness (QED) is 0.284. The number of fused-ring (bicyclic) bond motifs is 7. The number of nitrogens with zero attached hydrogens (tertiary/aromatic N) is 1. The summed E-state index contributed by atoms with van der Waals surface area (Å²) in [7, 11) is 0. The Balaban J connectivity index is 1.22. The monoisotopic (exact) mass is 544 g/mol. The molecule has 0 aliphatic carbocycles. The van der Waals surface area contributed by atoms with Crippen molar-refractivity contribution in [3.05, 3.63) is 131 Å². The molecule has 0 fully saturated rings. The fraction of sp³-hybridized carbons (Fsp3) is 0.182. The molecule has 3 atom stereocenters. The number of nitrogens with one attached hydrogen (secondary N) is 3. The number of carbonyl (C=O) groups excluding carboxylic acids is 3. The predicted octanol–water partition coefficient (Wildman–Crippen LogP) is 4.27. The second-order valence-corrected chi connectivity index (χ2v) is 10.5. The average molecular weight is 545 g/mol. The number of amides is 3. The number of para-hydroxylation sites is 1. The van der Waals surface area contributed by atoms with Crippen LogP contribution in [-0.4, -0.2) is 39.7 Å². The number of carbonyl (C=O) groups is 3. The molecular weight excluding hydrogens is 516 g/mol. The van der Waals surface area contributed by atoms with Crippen LogP contribution >= 0.6 is 0 Å². The molecule has 0 saturated heterocycles. The highest BCUT2D eigenvalue weighted by atomic mass is 16.3. The van der Waals surface area contributed by atoms with Gasteiger partial charge in [0.2, 0.25) is 11.8 Å². The number of hydrogen-bond acceptors (Lipinski definition) is 4. The molecule has 5 aromatic rings. The van der Waals surface area contributed by atoms with Gasteiger partial charge < -0.3 is 24.9 Å². The van der Waals surface area contributed by atoms with Gasteiger partial charge in [-0.15, -0.1) is 0 Å². The molecule has 204 valence electrons. The third-order valence-electron chi connectivity index (χ3n) is 8.09. The topological polar surface area (TPSA) is 107 Å². The molecule has 7 rings (SSSR count). The van der Waals surface area contributed by atoms with Crippen LogP contribution in [0.15, 0.2) is 102 Å². The summed E-state index contributed by atoms with van der Waals surface area (Å²) in [5.74, 6) is -0.251. The number of H-pyrrole nitrogens is 1. The van der Waals surface area contributed by atoms with Crippen LogP contribution in [0.3, 0.4) is 0 Å². The summed E-state index contributed by atoms with van der Waals surface area (Å²) in [4.78, 5) is 46.5. The van der Waals surface area contributed by atoms with Crippen LogP contribution < -0.4 is 10.6 Å². The molecule has 3 aromatic carbocycles.